The minimum atomic E-state index is -1.14. The first-order valence-corrected chi connectivity index (χ1v) is 7.44. The van der Waals surface area contributed by atoms with Crippen molar-refractivity contribution in [3.63, 3.8) is 0 Å². The Bertz CT molecular complexity index is 1010. The average Bonchev–Trinajstić information content (AvgIpc) is 3.10. The zero-order valence-corrected chi connectivity index (χ0v) is 13.4. The van der Waals surface area contributed by atoms with Crippen molar-refractivity contribution in [1.82, 2.24) is 15.1 Å². The lowest BCUT2D eigenvalue weighted by atomic mass is 10.1. The van der Waals surface area contributed by atoms with Crippen molar-refractivity contribution < 1.29 is 19.2 Å². The molecule has 0 aliphatic heterocycles. The van der Waals surface area contributed by atoms with Gasteiger partial charge in [-0.25, -0.2) is 9.78 Å². The van der Waals surface area contributed by atoms with E-state index < -0.39 is 5.97 Å². The van der Waals surface area contributed by atoms with Crippen LogP contribution in [0.3, 0.4) is 0 Å². The molecule has 3 aromatic rings. The number of aromatic nitrogens is 3. The van der Waals surface area contributed by atoms with E-state index >= 15 is 0 Å². The van der Waals surface area contributed by atoms with Crippen LogP contribution in [0, 0.1) is 11.3 Å². The molecule has 0 radical (unpaired) electrons. The second-order valence-corrected chi connectivity index (χ2v) is 5.19. The second-order valence-electron chi connectivity index (χ2n) is 5.19. The molecule has 2 heterocycles. The Kier molecular flexibility index (Phi) is 4.71. The molecule has 0 atom stereocenters. The van der Waals surface area contributed by atoms with Gasteiger partial charge in [0.25, 0.3) is 0 Å². The number of aliphatic carboxylic acids is 1. The minimum absolute atomic E-state index is 0.0696. The summed E-state index contributed by atoms with van der Waals surface area (Å²) in [6.07, 6.45) is 1.52. The number of carboxylic acids is 1. The van der Waals surface area contributed by atoms with E-state index in [1.807, 2.05) is 0 Å². The maximum absolute atomic E-state index is 10.8. The third kappa shape index (κ3) is 3.73. The highest BCUT2D eigenvalue weighted by Crippen LogP contribution is 2.27. The number of nitriles is 1. The standard InChI is InChI=1S/C18H12N4O4/c1-11(18(23)24)8-16-21-17(22-26-16)14-6-5-13(9-12(14)10-19)25-15-4-2-3-7-20-15/h2-7,9H,1,8H2,(H,23,24). The van der Waals surface area contributed by atoms with Gasteiger partial charge in [0.1, 0.15) is 11.8 Å². The van der Waals surface area contributed by atoms with Crippen LogP contribution in [0.15, 0.2) is 59.3 Å². The van der Waals surface area contributed by atoms with Gasteiger partial charge in [-0.05, 0) is 24.3 Å². The van der Waals surface area contributed by atoms with E-state index in [-0.39, 0.29) is 29.3 Å². The first-order chi connectivity index (χ1) is 12.6. The summed E-state index contributed by atoms with van der Waals surface area (Å²) in [5, 5.41) is 22.0. The van der Waals surface area contributed by atoms with Crippen molar-refractivity contribution in [3.8, 4) is 29.1 Å². The fourth-order valence-corrected chi connectivity index (χ4v) is 2.10. The summed E-state index contributed by atoms with van der Waals surface area (Å²) in [4.78, 5) is 19.0. The van der Waals surface area contributed by atoms with Crippen molar-refractivity contribution in [2.24, 2.45) is 0 Å². The molecule has 0 saturated heterocycles. The van der Waals surface area contributed by atoms with Crippen LogP contribution < -0.4 is 4.74 Å². The molecule has 0 spiro atoms. The van der Waals surface area contributed by atoms with E-state index in [1.54, 1.807) is 36.5 Å². The molecular formula is C18H12N4O4. The van der Waals surface area contributed by atoms with Crippen molar-refractivity contribution >= 4 is 5.97 Å². The van der Waals surface area contributed by atoms with Gasteiger partial charge >= 0.3 is 5.97 Å². The van der Waals surface area contributed by atoms with Gasteiger partial charge in [0, 0.05) is 23.4 Å². The Morgan fingerprint density at radius 2 is 2.19 bits per heavy atom. The Morgan fingerprint density at radius 3 is 2.88 bits per heavy atom. The second kappa shape index (κ2) is 7.27. The zero-order chi connectivity index (χ0) is 18.5. The third-order valence-corrected chi connectivity index (χ3v) is 3.35. The molecule has 0 saturated carbocycles. The van der Waals surface area contributed by atoms with E-state index in [0.29, 0.717) is 17.2 Å². The summed E-state index contributed by atoms with van der Waals surface area (Å²) in [6.45, 7) is 3.41. The number of benzene rings is 1. The van der Waals surface area contributed by atoms with Crippen LogP contribution in [0.1, 0.15) is 11.5 Å². The number of nitrogens with zero attached hydrogens (tertiary/aromatic N) is 4. The molecule has 128 valence electrons. The van der Waals surface area contributed by atoms with E-state index in [9.17, 15) is 10.1 Å². The average molecular weight is 348 g/mol. The van der Waals surface area contributed by atoms with Crippen molar-refractivity contribution in [2.75, 3.05) is 0 Å². The van der Waals surface area contributed by atoms with E-state index in [2.05, 4.69) is 27.8 Å². The third-order valence-electron chi connectivity index (χ3n) is 3.35. The van der Waals surface area contributed by atoms with Crippen LogP contribution >= 0.6 is 0 Å². The van der Waals surface area contributed by atoms with Crippen LogP contribution in [-0.2, 0) is 11.2 Å². The molecule has 26 heavy (non-hydrogen) atoms. The topological polar surface area (TPSA) is 122 Å². The molecule has 8 heteroatoms. The highest BCUT2D eigenvalue weighted by molar-refractivity contribution is 5.86. The minimum Gasteiger partial charge on any atom is -0.478 e. The van der Waals surface area contributed by atoms with Crippen LogP contribution in [0.25, 0.3) is 11.4 Å². The van der Waals surface area contributed by atoms with Crippen LogP contribution in [0.4, 0.5) is 0 Å². The molecule has 1 aromatic carbocycles. The van der Waals surface area contributed by atoms with Crippen molar-refractivity contribution in [1.29, 1.82) is 5.26 Å². The molecular weight excluding hydrogens is 336 g/mol. The Morgan fingerprint density at radius 1 is 1.35 bits per heavy atom. The van der Waals surface area contributed by atoms with Gasteiger partial charge < -0.3 is 14.4 Å². The fraction of sp³-hybridized carbons (Fsp3) is 0.0556. The summed E-state index contributed by atoms with van der Waals surface area (Å²) < 4.78 is 10.6. The van der Waals surface area contributed by atoms with Crippen LogP contribution in [-0.4, -0.2) is 26.2 Å². The Hall–Kier alpha value is -3.99. The smallest absolute Gasteiger partial charge is 0.331 e. The van der Waals surface area contributed by atoms with Gasteiger partial charge in [0.05, 0.1) is 12.0 Å². The van der Waals surface area contributed by atoms with E-state index in [0.717, 1.165) is 0 Å². The SMILES string of the molecule is C=C(Cc1nc(-c2ccc(Oc3ccccn3)cc2C#N)no1)C(=O)O. The number of carbonyl (C=O) groups is 1. The van der Waals surface area contributed by atoms with Gasteiger partial charge in [-0.3, -0.25) is 0 Å². The quantitative estimate of drug-likeness (QED) is 0.675. The molecule has 3 rings (SSSR count). The van der Waals surface area contributed by atoms with Crippen molar-refractivity contribution in [3.05, 3.63) is 66.2 Å². The number of carboxylic acid groups (broad SMARTS) is 1. The summed E-state index contributed by atoms with van der Waals surface area (Å²) in [5.41, 5.74) is 0.652. The van der Waals surface area contributed by atoms with E-state index in [1.165, 1.54) is 6.07 Å². The number of hydrogen-bond donors (Lipinski definition) is 1. The molecule has 0 amide bonds. The largest absolute Gasteiger partial charge is 0.478 e. The lowest BCUT2D eigenvalue weighted by molar-refractivity contribution is -0.132. The Balaban J connectivity index is 1.85. The summed E-state index contributed by atoms with van der Waals surface area (Å²) in [5.74, 6) is -0.0205. The summed E-state index contributed by atoms with van der Waals surface area (Å²) in [6, 6.07) is 12.1. The van der Waals surface area contributed by atoms with Gasteiger partial charge in [0.15, 0.2) is 0 Å². The molecule has 8 nitrogen and oxygen atoms in total. The summed E-state index contributed by atoms with van der Waals surface area (Å²) in [7, 11) is 0. The molecule has 2 aromatic heterocycles. The predicted molar refractivity (Wildman–Crippen MR) is 89.2 cm³/mol. The van der Waals surface area contributed by atoms with E-state index in [4.69, 9.17) is 14.4 Å². The number of pyridine rings is 1. The Labute approximate surface area is 148 Å². The van der Waals surface area contributed by atoms with Gasteiger partial charge in [0.2, 0.25) is 17.6 Å². The molecule has 0 aliphatic carbocycles. The number of ether oxygens (including phenoxy) is 1. The molecule has 0 unspecified atom stereocenters. The first-order valence-electron chi connectivity index (χ1n) is 7.44. The van der Waals surface area contributed by atoms with Crippen molar-refractivity contribution in [2.45, 2.75) is 6.42 Å². The fourth-order valence-electron chi connectivity index (χ4n) is 2.10. The predicted octanol–water partition coefficient (Wildman–Crippen LogP) is 2.98. The molecule has 0 fully saturated rings. The lowest BCUT2D eigenvalue weighted by Crippen LogP contribution is -2.02. The maximum Gasteiger partial charge on any atom is 0.331 e. The van der Waals surface area contributed by atoms with Gasteiger partial charge in [-0.1, -0.05) is 17.8 Å². The van der Waals surface area contributed by atoms with Gasteiger partial charge in [-0.2, -0.15) is 10.2 Å². The zero-order valence-electron chi connectivity index (χ0n) is 13.4. The molecule has 0 bridgehead atoms. The first kappa shape index (κ1) is 16.9. The monoisotopic (exact) mass is 348 g/mol. The van der Waals surface area contributed by atoms with Gasteiger partial charge in [-0.15, -0.1) is 0 Å². The maximum atomic E-state index is 10.8. The number of hydrogen-bond acceptors (Lipinski definition) is 7. The van der Waals surface area contributed by atoms with Crippen LogP contribution in [0.2, 0.25) is 0 Å². The number of rotatable bonds is 6. The highest BCUT2D eigenvalue weighted by Gasteiger charge is 2.16. The lowest BCUT2D eigenvalue weighted by Gasteiger charge is -2.06. The normalized spacial score (nSPS) is 10.1. The highest BCUT2D eigenvalue weighted by atomic mass is 16.5. The molecule has 1 N–H and O–H groups in total. The summed E-state index contributed by atoms with van der Waals surface area (Å²) >= 11 is 0. The molecule has 0 aliphatic rings. The van der Waals surface area contributed by atoms with Crippen LogP contribution in [0.5, 0.6) is 11.6 Å².